The number of benzene rings is 2. The molecule has 2 aromatic rings. The zero-order valence-electron chi connectivity index (χ0n) is 28.7. The van der Waals surface area contributed by atoms with E-state index in [0.717, 1.165) is 0 Å². The monoisotopic (exact) mass is 392 g/mol. The summed E-state index contributed by atoms with van der Waals surface area (Å²) in [5, 5.41) is 0. The third-order valence-corrected chi connectivity index (χ3v) is 4.81. The highest BCUT2D eigenvalue weighted by molar-refractivity contribution is 6.02. The molecule has 0 amide bonds. The Hall–Kier alpha value is -2.33. The first kappa shape index (κ1) is 9.00. The SMILES string of the molecule is [2H]c1c([2H])c([2H])c(C([2H])([2H])N2CCC(C([2H])([2H])C3C(=O)c4c([2H])c(OC)c(OC)c([2H])c4C3([2H])[2H])CC2)c([2H])c1[2H]. The van der Waals surface area contributed by atoms with Gasteiger partial charge in [-0.25, -0.2) is 0 Å². The normalized spacial score (nSPS) is 29.7. The summed E-state index contributed by atoms with van der Waals surface area (Å²) in [5.74, 6) is -4.27. The topological polar surface area (TPSA) is 38.8 Å². The Morgan fingerprint density at radius 3 is 2.50 bits per heavy atom. The second-order valence-electron chi connectivity index (χ2n) is 6.55. The highest BCUT2D eigenvalue weighted by Gasteiger charge is 2.34. The van der Waals surface area contributed by atoms with Crippen LogP contribution in [0.1, 0.15) is 58.5 Å². The average molecular weight is 393 g/mol. The van der Waals surface area contributed by atoms with Crippen LogP contribution in [0.25, 0.3) is 0 Å². The minimum atomic E-state index is -2.67. The molecule has 4 nitrogen and oxygen atoms in total. The van der Waals surface area contributed by atoms with Crippen LogP contribution >= 0.6 is 0 Å². The zero-order chi connectivity index (χ0) is 31.0. The van der Waals surface area contributed by atoms with Crippen molar-refractivity contribution in [3.8, 4) is 11.5 Å². The van der Waals surface area contributed by atoms with Crippen LogP contribution < -0.4 is 9.47 Å². The van der Waals surface area contributed by atoms with Crippen LogP contribution in [-0.4, -0.2) is 38.0 Å². The van der Waals surface area contributed by atoms with Crippen molar-refractivity contribution in [2.24, 2.45) is 11.8 Å². The molecule has 1 fully saturated rings. The van der Waals surface area contributed by atoms with Crippen LogP contribution in [0.15, 0.2) is 42.3 Å². The van der Waals surface area contributed by atoms with Gasteiger partial charge in [0.2, 0.25) is 0 Å². The summed E-state index contributed by atoms with van der Waals surface area (Å²) >= 11 is 0. The van der Waals surface area contributed by atoms with Crippen molar-refractivity contribution in [3.63, 3.8) is 0 Å². The standard InChI is InChI=1S/C24H29NO3/c1-27-22-14-19-13-20(24(26)21(19)15-23(22)28-2)12-17-8-10-25(11-9-17)16-18-6-4-3-5-7-18/h3-7,14-15,17,20H,8-13,16H2,1-2H3/i3D,4D,5D,6D,7D,12D2,13D2,14D,15D,16D2. The maximum absolute atomic E-state index is 13.6. The van der Waals surface area contributed by atoms with Crippen LogP contribution in [0.3, 0.4) is 0 Å². The summed E-state index contributed by atoms with van der Waals surface area (Å²) in [7, 11) is 2.42. The molecule has 0 aromatic heterocycles. The number of carbonyl (C=O) groups excluding carboxylic acids is 1. The van der Waals surface area contributed by atoms with Gasteiger partial charge in [0.25, 0.3) is 0 Å². The van der Waals surface area contributed by atoms with Crippen molar-refractivity contribution in [1.29, 1.82) is 0 Å². The molecule has 1 unspecified atom stereocenters. The van der Waals surface area contributed by atoms with Gasteiger partial charge in [0, 0.05) is 26.2 Å². The van der Waals surface area contributed by atoms with Gasteiger partial charge in [-0.15, -0.1) is 0 Å². The van der Waals surface area contributed by atoms with Crippen LogP contribution in [0.4, 0.5) is 0 Å². The largest absolute Gasteiger partial charge is 0.493 e. The average Bonchev–Trinajstić information content (AvgIpc) is 3.13. The van der Waals surface area contributed by atoms with Crippen LogP contribution in [0, 0.1) is 11.8 Å². The number of likely N-dealkylation sites (tertiary alicyclic amines) is 1. The van der Waals surface area contributed by atoms with E-state index in [4.69, 9.17) is 27.3 Å². The number of ether oxygens (including phenoxy) is 2. The Morgan fingerprint density at radius 2 is 1.82 bits per heavy atom. The quantitative estimate of drug-likeness (QED) is 0.732. The smallest absolute Gasteiger partial charge is 0.166 e. The molecule has 0 spiro atoms. The molecule has 148 valence electrons. The summed E-state index contributed by atoms with van der Waals surface area (Å²) in [6.45, 7) is -2.71. The Labute approximate surface area is 185 Å². The van der Waals surface area contributed by atoms with Crippen molar-refractivity contribution in [2.45, 2.75) is 32.1 Å². The Kier molecular flexibility index (Phi) is 2.69. The molecule has 4 rings (SSSR count). The number of carbonyl (C=O) groups is 1. The number of fused-ring (bicyclic) bond motifs is 1. The van der Waals surface area contributed by atoms with E-state index in [1.54, 1.807) is 0 Å². The first-order valence-electron chi connectivity index (χ1n) is 15.5. The molecular formula is C24H29NO3. The highest BCUT2D eigenvalue weighted by Crippen LogP contribution is 2.39. The van der Waals surface area contributed by atoms with Crippen LogP contribution in [-0.2, 0) is 12.9 Å². The molecule has 1 heterocycles. The van der Waals surface area contributed by atoms with E-state index in [9.17, 15) is 4.79 Å². The first-order valence-corrected chi connectivity index (χ1v) is 9.01. The molecule has 28 heavy (non-hydrogen) atoms. The van der Waals surface area contributed by atoms with Gasteiger partial charge in [-0.1, -0.05) is 30.2 Å². The fraction of sp³-hybridized carbons (Fsp3) is 0.458. The van der Waals surface area contributed by atoms with Crippen molar-refractivity contribution in [3.05, 3.63) is 59.0 Å². The summed E-state index contributed by atoms with van der Waals surface area (Å²) in [4.78, 5) is 14.8. The van der Waals surface area contributed by atoms with E-state index in [2.05, 4.69) is 0 Å². The van der Waals surface area contributed by atoms with Crippen LogP contribution in [0.2, 0.25) is 0 Å². The summed E-state index contributed by atoms with van der Waals surface area (Å²) in [5.41, 5.74) is -1.40. The minimum Gasteiger partial charge on any atom is -0.493 e. The van der Waals surface area contributed by atoms with Gasteiger partial charge in [0.1, 0.15) is 0 Å². The Balaban J connectivity index is 1.66. The second-order valence-corrected chi connectivity index (χ2v) is 6.55. The second kappa shape index (κ2) is 8.36. The lowest BCUT2D eigenvalue weighted by Crippen LogP contribution is -2.34. The number of hydrogen-bond acceptors (Lipinski definition) is 4. The molecule has 1 atom stereocenters. The van der Waals surface area contributed by atoms with Gasteiger partial charge in [0.05, 0.1) is 23.8 Å². The zero-order valence-corrected chi connectivity index (χ0v) is 15.7. The van der Waals surface area contributed by atoms with Gasteiger partial charge in [-0.3, -0.25) is 9.69 Å². The molecule has 0 N–H and O–H groups in total. The molecular weight excluding hydrogens is 350 g/mol. The lowest BCUT2D eigenvalue weighted by molar-refractivity contribution is 0.0895. The molecule has 0 saturated carbocycles. The lowest BCUT2D eigenvalue weighted by Gasteiger charge is -2.32. The van der Waals surface area contributed by atoms with E-state index in [0.29, 0.717) is 0 Å². The number of rotatable bonds is 6. The van der Waals surface area contributed by atoms with E-state index >= 15 is 0 Å². The Morgan fingerprint density at radius 1 is 1.14 bits per heavy atom. The highest BCUT2D eigenvalue weighted by atomic mass is 16.5. The maximum Gasteiger partial charge on any atom is 0.166 e. The molecule has 0 bridgehead atoms. The maximum atomic E-state index is 13.6. The Bertz CT molecular complexity index is 1390. The summed E-state index contributed by atoms with van der Waals surface area (Å²) in [6.07, 6.45) is -5.21. The molecule has 0 radical (unpaired) electrons. The fourth-order valence-electron chi connectivity index (χ4n) is 3.38. The number of ketones is 1. The summed E-state index contributed by atoms with van der Waals surface area (Å²) in [6, 6.07) is -4.35. The number of nitrogens with zero attached hydrogens (tertiary/aromatic N) is 1. The summed E-state index contributed by atoms with van der Waals surface area (Å²) < 4.78 is 120. The number of piperidine rings is 1. The predicted molar refractivity (Wildman–Crippen MR) is 110 cm³/mol. The molecule has 1 saturated heterocycles. The van der Waals surface area contributed by atoms with E-state index in [1.807, 2.05) is 0 Å². The first-order chi connectivity index (χ1) is 18.9. The molecule has 1 aliphatic heterocycles. The third-order valence-electron chi connectivity index (χ3n) is 4.81. The van der Waals surface area contributed by atoms with E-state index in [-0.39, 0.29) is 37.4 Å². The van der Waals surface area contributed by atoms with Gasteiger partial charge in [-0.2, -0.15) is 0 Å². The molecule has 2 aromatic carbocycles. The lowest BCUT2D eigenvalue weighted by atomic mass is 9.85. The van der Waals surface area contributed by atoms with E-state index < -0.39 is 95.8 Å². The van der Waals surface area contributed by atoms with E-state index in [1.165, 1.54) is 19.1 Å². The van der Waals surface area contributed by atoms with Crippen molar-refractivity contribution in [2.75, 3.05) is 27.3 Å². The van der Waals surface area contributed by atoms with Gasteiger partial charge in [-0.05, 0) is 67.8 Å². The predicted octanol–water partition coefficient (Wildman–Crippen LogP) is 4.36. The van der Waals surface area contributed by atoms with Crippen molar-refractivity contribution in [1.82, 2.24) is 4.90 Å². The van der Waals surface area contributed by atoms with Gasteiger partial charge >= 0.3 is 0 Å². The minimum absolute atomic E-state index is 0.0323. The number of hydrogen-bond donors (Lipinski definition) is 0. The van der Waals surface area contributed by atoms with Gasteiger partial charge in [0.15, 0.2) is 17.3 Å². The number of methoxy groups -OCH3 is 2. The number of Topliss-reactive ketones (excluding diaryl/α,β-unsaturated/α-hetero) is 1. The van der Waals surface area contributed by atoms with Gasteiger partial charge < -0.3 is 9.47 Å². The van der Waals surface area contributed by atoms with Crippen molar-refractivity contribution < 1.29 is 32.1 Å². The molecule has 1 aliphatic carbocycles. The molecule has 4 heteroatoms. The van der Waals surface area contributed by atoms with Crippen LogP contribution in [0.5, 0.6) is 11.5 Å². The molecule has 2 aliphatic rings. The van der Waals surface area contributed by atoms with Crippen molar-refractivity contribution >= 4 is 5.78 Å². The fourth-order valence-corrected chi connectivity index (χ4v) is 3.38. The third kappa shape index (κ3) is 3.93.